The number of anilines is 3. The van der Waals surface area contributed by atoms with Crippen LogP contribution in [0.3, 0.4) is 0 Å². The fraction of sp³-hybridized carbons (Fsp3) is 0.368. The van der Waals surface area contributed by atoms with E-state index in [1.807, 2.05) is 35.2 Å². The van der Waals surface area contributed by atoms with E-state index in [2.05, 4.69) is 30.6 Å². The number of benzene rings is 1. The summed E-state index contributed by atoms with van der Waals surface area (Å²) in [6.45, 7) is 1.46. The van der Waals surface area contributed by atoms with Gasteiger partial charge in [-0.05, 0) is 5.56 Å². The predicted molar refractivity (Wildman–Crippen MR) is 115 cm³/mol. The van der Waals surface area contributed by atoms with Crippen LogP contribution in [0.2, 0.25) is 0 Å². The first-order valence-electron chi connectivity index (χ1n) is 9.66. The van der Waals surface area contributed by atoms with Gasteiger partial charge in [-0.25, -0.2) is 23.4 Å². The van der Waals surface area contributed by atoms with Crippen LogP contribution in [-0.4, -0.2) is 71.2 Å². The van der Waals surface area contributed by atoms with Gasteiger partial charge in [0.05, 0.1) is 18.1 Å². The van der Waals surface area contributed by atoms with Crippen molar-refractivity contribution < 1.29 is 13.5 Å². The molecule has 0 saturated carbocycles. The van der Waals surface area contributed by atoms with Gasteiger partial charge in [0.15, 0.2) is 21.5 Å². The molecule has 2 aromatic heterocycles. The first kappa shape index (κ1) is 20.2. The lowest BCUT2D eigenvalue weighted by molar-refractivity contribution is 0.311. The minimum Gasteiger partial charge on any atom is -0.395 e. The predicted octanol–water partition coefficient (Wildman–Crippen LogP) is 0.671. The molecule has 0 spiro atoms. The molecule has 11 heteroatoms. The van der Waals surface area contributed by atoms with Crippen molar-refractivity contribution in [2.24, 2.45) is 0 Å². The molecule has 0 unspecified atom stereocenters. The summed E-state index contributed by atoms with van der Waals surface area (Å²) in [5.41, 5.74) is 2.18. The summed E-state index contributed by atoms with van der Waals surface area (Å²) < 4.78 is 23.7. The van der Waals surface area contributed by atoms with Crippen LogP contribution in [0.25, 0.3) is 11.0 Å². The molecule has 30 heavy (non-hydrogen) atoms. The van der Waals surface area contributed by atoms with E-state index >= 15 is 0 Å². The molecule has 1 fully saturated rings. The van der Waals surface area contributed by atoms with Gasteiger partial charge in [0.25, 0.3) is 0 Å². The highest BCUT2D eigenvalue weighted by Gasteiger charge is 2.25. The summed E-state index contributed by atoms with van der Waals surface area (Å²) in [7, 11) is -3.03. The van der Waals surface area contributed by atoms with Gasteiger partial charge in [-0.2, -0.15) is 4.98 Å². The van der Waals surface area contributed by atoms with Crippen molar-refractivity contribution in [3.63, 3.8) is 0 Å². The number of rotatable bonds is 7. The van der Waals surface area contributed by atoms with E-state index in [1.54, 1.807) is 0 Å². The van der Waals surface area contributed by atoms with E-state index in [9.17, 15) is 8.42 Å². The molecule has 1 aromatic carbocycles. The minimum absolute atomic E-state index is 0.0664. The number of aromatic nitrogens is 4. The first-order valence-corrected chi connectivity index (χ1v) is 11.5. The summed E-state index contributed by atoms with van der Waals surface area (Å²) in [6, 6.07) is 9.92. The van der Waals surface area contributed by atoms with E-state index in [1.165, 1.54) is 6.33 Å². The molecule has 0 radical (unpaired) electrons. The number of aliphatic hydroxyl groups is 1. The second-order valence-corrected chi connectivity index (χ2v) is 9.22. The van der Waals surface area contributed by atoms with Gasteiger partial charge < -0.3 is 20.6 Å². The van der Waals surface area contributed by atoms with Crippen LogP contribution in [-0.2, 0) is 16.4 Å². The van der Waals surface area contributed by atoms with Gasteiger partial charge in [-0.3, -0.25) is 0 Å². The van der Waals surface area contributed by atoms with Gasteiger partial charge >= 0.3 is 0 Å². The Morgan fingerprint density at radius 1 is 1.00 bits per heavy atom. The average Bonchev–Trinajstić information content (AvgIpc) is 2.76. The van der Waals surface area contributed by atoms with Crippen molar-refractivity contribution in [1.82, 2.24) is 19.9 Å². The third-order valence-electron chi connectivity index (χ3n) is 4.81. The zero-order valence-electron chi connectivity index (χ0n) is 16.3. The Bertz CT molecular complexity index is 1110. The van der Waals surface area contributed by atoms with Crippen molar-refractivity contribution >= 4 is 38.5 Å². The van der Waals surface area contributed by atoms with Crippen LogP contribution < -0.4 is 15.5 Å². The Kier molecular flexibility index (Phi) is 5.91. The lowest BCUT2D eigenvalue weighted by atomic mass is 10.2. The maximum atomic E-state index is 11.8. The standard InChI is InChI=1S/C19H23N7O3S/c27-9-6-20-19-24-15-16(18(25-19)26-7-10-30(28,29)11-8-26)22-13-23-17(15)21-12-14-4-2-1-3-5-14/h1-5,13,27H,6-12H2,(H,20,24,25)(H,21,22,23). The molecule has 0 amide bonds. The third-order valence-corrected chi connectivity index (χ3v) is 6.41. The number of sulfone groups is 1. The molecule has 3 aromatic rings. The van der Waals surface area contributed by atoms with Crippen molar-refractivity contribution in [2.75, 3.05) is 53.3 Å². The Morgan fingerprint density at radius 3 is 2.50 bits per heavy atom. The molecule has 1 aliphatic heterocycles. The zero-order chi connectivity index (χ0) is 21.0. The fourth-order valence-corrected chi connectivity index (χ4v) is 4.44. The quantitative estimate of drug-likeness (QED) is 0.492. The summed E-state index contributed by atoms with van der Waals surface area (Å²) in [4.78, 5) is 19.7. The average molecular weight is 430 g/mol. The largest absolute Gasteiger partial charge is 0.395 e. The van der Waals surface area contributed by atoms with E-state index in [4.69, 9.17) is 5.11 Å². The topological polar surface area (TPSA) is 133 Å². The number of aliphatic hydroxyl groups excluding tert-OH is 1. The third kappa shape index (κ3) is 4.57. The Hall–Kier alpha value is -3.05. The molecule has 3 N–H and O–H groups in total. The SMILES string of the molecule is O=S1(=O)CCN(c2nc(NCCO)nc3c(NCc4ccccc4)ncnc23)CC1. The van der Waals surface area contributed by atoms with Crippen LogP contribution >= 0.6 is 0 Å². The monoisotopic (exact) mass is 429 g/mol. The summed E-state index contributed by atoms with van der Waals surface area (Å²) in [5, 5.41) is 15.4. The number of fused-ring (bicyclic) bond motifs is 1. The highest BCUT2D eigenvalue weighted by Crippen LogP contribution is 2.28. The minimum atomic E-state index is -3.03. The van der Waals surface area contributed by atoms with Crippen molar-refractivity contribution in [1.29, 1.82) is 0 Å². The molecule has 0 atom stereocenters. The molecular formula is C19H23N7O3S. The zero-order valence-corrected chi connectivity index (χ0v) is 17.1. The molecule has 3 heterocycles. The lowest BCUT2D eigenvalue weighted by Crippen LogP contribution is -2.41. The van der Waals surface area contributed by atoms with Crippen LogP contribution in [0.5, 0.6) is 0 Å². The number of hydrogen-bond donors (Lipinski definition) is 3. The molecule has 0 aliphatic carbocycles. The normalized spacial score (nSPS) is 15.8. The smallest absolute Gasteiger partial charge is 0.225 e. The van der Waals surface area contributed by atoms with E-state index in [0.717, 1.165) is 5.56 Å². The second kappa shape index (κ2) is 8.76. The Balaban J connectivity index is 1.71. The van der Waals surface area contributed by atoms with Crippen LogP contribution in [0, 0.1) is 0 Å². The van der Waals surface area contributed by atoms with E-state index in [-0.39, 0.29) is 18.1 Å². The van der Waals surface area contributed by atoms with Crippen LogP contribution in [0.1, 0.15) is 5.56 Å². The van der Waals surface area contributed by atoms with E-state index in [0.29, 0.717) is 54.8 Å². The number of nitrogens with one attached hydrogen (secondary N) is 2. The van der Waals surface area contributed by atoms with Crippen LogP contribution in [0.15, 0.2) is 36.7 Å². The fourth-order valence-electron chi connectivity index (χ4n) is 3.23. The Labute approximate surface area is 174 Å². The highest BCUT2D eigenvalue weighted by molar-refractivity contribution is 7.91. The highest BCUT2D eigenvalue weighted by atomic mass is 32.2. The maximum Gasteiger partial charge on any atom is 0.225 e. The molecule has 4 rings (SSSR count). The molecular weight excluding hydrogens is 406 g/mol. The number of hydrogen-bond acceptors (Lipinski definition) is 10. The summed E-state index contributed by atoms with van der Waals surface area (Å²) in [6.07, 6.45) is 1.45. The molecule has 158 valence electrons. The first-order chi connectivity index (χ1) is 14.6. The second-order valence-electron chi connectivity index (χ2n) is 6.92. The number of nitrogens with zero attached hydrogens (tertiary/aromatic N) is 5. The molecule has 10 nitrogen and oxygen atoms in total. The van der Waals surface area contributed by atoms with Gasteiger partial charge in [-0.15, -0.1) is 0 Å². The maximum absolute atomic E-state index is 11.8. The van der Waals surface area contributed by atoms with Gasteiger partial charge in [-0.1, -0.05) is 30.3 Å². The summed E-state index contributed by atoms with van der Waals surface area (Å²) >= 11 is 0. The van der Waals surface area contributed by atoms with Crippen molar-refractivity contribution in [3.8, 4) is 0 Å². The van der Waals surface area contributed by atoms with Gasteiger partial charge in [0, 0.05) is 26.2 Å². The Morgan fingerprint density at radius 2 is 1.77 bits per heavy atom. The molecule has 1 aliphatic rings. The van der Waals surface area contributed by atoms with Crippen molar-refractivity contribution in [3.05, 3.63) is 42.2 Å². The molecule has 0 bridgehead atoms. The molecule has 1 saturated heterocycles. The lowest BCUT2D eigenvalue weighted by Gasteiger charge is -2.28. The van der Waals surface area contributed by atoms with Gasteiger partial charge in [0.1, 0.15) is 17.4 Å². The van der Waals surface area contributed by atoms with Crippen LogP contribution in [0.4, 0.5) is 17.6 Å². The van der Waals surface area contributed by atoms with E-state index < -0.39 is 9.84 Å². The summed E-state index contributed by atoms with van der Waals surface area (Å²) in [5.74, 6) is 1.59. The van der Waals surface area contributed by atoms with Crippen molar-refractivity contribution in [2.45, 2.75) is 6.54 Å². The van der Waals surface area contributed by atoms with Gasteiger partial charge in [0.2, 0.25) is 5.95 Å².